The summed E-state index contributed by atoms with van der Waals surface area (Å²) in [5.41, 5.74) is 0.462. The van der Waals surface area contributed by atoms with E-state index < -0.39 is 10.0 Å². The second kappa shape index (κ2) is 8.62. The van der Waals surface area contributed by atoms with Gasteiger partial charge in [-0.25, -0.2) is 8.42 Å². The summed E-state index contributed by atoms with van der Waals surface area (Å²) in [6, 6.07) is 6.46. The molecule has 1 heterocycles. The van der Waals surface area contributed by atoms with Crippen molar-refractivity contribution in [3.8, 4) is 0 Å². The van der Waals surface area contributed by atoms with Crippen LogP contribution in [0.3, 0.4) is 0 Å². The molecule has 1 fully saturated rings. The average Bonchev–Trinajstić information content (AvgIpc) is 2.55. The summed E-state index contributed by atoms with van der Waals surface area (Å²) in [4.78, 5) is 14.8. The molecule has 6 heteroatoms. The predicted molar refractivity (Wildman–Crippen MR) is 95.5 cm³/mol. The molecule has 5 nitrogen and oxygen atoms in total. The van der Waals surface area contributed by atoms with E-state index in [-0.39, 0.29) is 10.8 Å². The molecule has 0 aromatic heterocycles. The lowest BCUT2D eigenvalue weighted by Gasteiger charge is -2.25. The molecule has 134 valence electrons. The van der Waals surface area contributed by atoms with Gasteiger partial charge in [0, 0.05) is 31.7 Å². The van der Waals surface area contributed by atoms with Gasteiger partial charge in [-0.05, 0) is 31.0 Å². The van der Waals surface area contributed by atoms with Crippen molar-refractivity contribution in [3.05, 3.63) is 29.8 Å². The summed E-state index contributed by atoms with van der Waals surface area (Å²) < 4.78 is 26.7. The SMILES string of the molecule is CCN(CC)S(=O)(=O)c1cccc(C(=O)N2CCCCCCC2)c1. The van der Waals surface area contributed by atoms with Gasteiger partial charge in [0.25, 0.3) is 5.91 Å². The van der Waals surface area contributed by atoms with Crippen molar-refractivity contribution >= 4 is 15.9 Å². The van der Waals surface area contributed by atoms with Crippen molar-refractivity contribution < 1.29 is 13.2 Å². The van der Waals surface area contributed by atoms with Crippen LogP contribution in [0.2, 0.25) is 0 Å². The summed E-state index contributed by atoms with van der Waals surface area (Å²) in [5.74, 6) is -0.0616. The Hall–Kier alpha value is -1.40. The van der Waals surface area contributed by atoms with Gasteiger partial charge < -0.3 is 4.90 Å². The number of rotatable bonds is 5. The van der Waals surface area contributed by atoms with Gasteiger partial charge in [-0.2, -0.15) is 4.31 Å². The highest BCUT2D eigenvalue weighted by atomic mass is 32.2. The highest BCUT2D eigenvalue weighted by Crippen LogP contribution is 2.19. The van der Waals surface area contributed by atoms with E-state index in [2.05, 4.69) is 0 Å². The normalized spacial score (nSPS) is 16.7. The van der Waals surface area contributed by atoms with Crippen molar-refractivity contribution in [2.75, 3.05) is 26.2 Å². The van der Waals surface area contributed by atoms with Gasteiger partial charge in [0.2, 0.25) is 10.0 Å². The third-order valence-electron chi connectivity index (χ3n) is 4.57. The third-order valence-corrected chi connectivity index (χ3v) is 6.61. The molecule has 0 aliphatic carbocycles. The minimum atomic E-state index is -3.54. The number of nitrogens with zero attached hydrogens (tertiary/aromatic N) is 2. The Morgan fingerprint density at radius 2 is 1.62 bits per heavy atom. The molecule has 0 radical (unpaired) electrons. The summed E-state index contributed by atoms with van der Waals surface area (Å²) >= 11 is 0. The summed E-state index contributed by atoms with van der Waals surface area (Å²) in [6.45, 7) is 5.98. The van der Waals surface area contributed by atoms with Crippen molar-refractivity contribution in [2.45, 2.75) is 50.8 Å². The van der Waals surface area contributed by atoms with Crippen molar-refractivity contribution in [1.29, 1.82) is 0 Å². The molecule has 0 N–H and O–H groups in total. The Morgan fingerprint density at radius 3 is 2.21 bits per heavy atom. The Bertz CT molecular complexity index is 646. The molecule has 2 rings (SSSR count). The van der Waals surface area contributed by atoms with Gasteiger partial charge in [-0.1, -0.05) is 39.2 Å². The average molecular weight is 353 g/mol. The van der Waals surface area contributed by atoms with Crippen LogP contribution in [-0.2, 0) is 10.0 Å². The number of amides is 1. The zero-order valence-corrected chi connectivity index (χ0v) is 15.5. The first-order valence-corrected chi connectivity index (χ1v) is 10.3. The molecular weight excluding hydrogens is 324 g/mol. The van der Waals surface area contributed by atoms with Gasteiger partial charge in [0.1, 0.15) is 0 Å². The van der Waals surface area contributed by atoms with E-state index >= 15 is 0 Å². The van der Waals surface area contributed by atoms with Crippen LogP contribution in [0.5, 0.6) is 0 Å². The standard InChI is InChI=1S/C18H28N2O3S/c1-3-20(4-2)24(22,23)17-12-10-11-16(15-17)18(21)19-13-8-6-5-7-9-14-19/h10-12,15H,3-9,13-14H2,1-2H3. The van der Waals surface area contributed by atoms with Gasteiger partial charge >= 0.3 is 0 Å². The minimum Gasteiger partial charge on any atom is -0.339 e. The first-order chi connectivity index (χ1) is 11.5. The topological polar surface area (TPSA) is 57.7 Å². The van der Waals surface area contributed by atoms with Crippen molar-refractivity contribution in [2.24, 2.45) is 0 Å². The maximum atomic E-state index is 12.8. The molecule has 1 saturated heterocycles. The number of hydrogen-bond donors (Lipinski definition) is 0. The molecule has 24 heavy (non-hydrogen) atoms. The Labute approximate surface area is 145 Å². The minimum absolute atomic E-state index is 0.0616. The smallest absolute Gasteiger partial charge is 0.253 e. The second-order valence-corrected chi connectivity index (χ2v) is 8.12. The fourth-order valence-corrected chi connectivity index (χ4v) is 4.64. The van der Waals surface area contributed by atoms with E-state index in [0.717, 1.165) is 38.8 Å². The molecule has 1 aromatic carbocycles. The zero-order valence-electron chi connectivity index (χ0n) is 14.7. The lowest BCUT2D eigenvalue weighted by Crippen LogP contribution is -2.34. The highest BCUT2D eigenvalue weighted by Gasteiger charge is 2.24. The summed E-state index contributed by atoms with van der Waals surface area (Å²) in [5, 5.41) is 0. The van der Waals surface area contributed by atoms with Crippen molar-refractivity contribution in [1.82, 2.24) is 9.21 Å². The molecule has 1 amide bonds. The molecule has 1 aliphatic heterocycles. The summed E-state index contributed by atoms with van der Waals surface area (Å²) in [7, 11) is -3.54. The first-order valence-electron chi connectivity index (χ1n) is 8.90. The second-order valence-electron chi connectivity index (χ2n) is 6.18. The molecule has 1 aliphatic rings. The fourth-order valence-electron chi connectivity index (χ4n) is 3.14. The maximum Gasteiger partial charge on any atom is 0.253 e. The van der Waals surface area contributed by atoms with Crippen LogP contribution in [0, 0.1) is 0 Å². The Morgan fingerprint density at radius 1 is 1.04 bits per heavy atom. The molecule has 0 atom stereocenters. The van der Waals surface area contributed by atoms with E-state index in [1.807, 2.05) is 18.7 Å². The molecule has 0 unspecified atom stereocenters. The monoisotopic (exact) mass is 352 g/mol. The predicted octanol–water partition coefficient (Wildman–Crippen LogP) is 3.12. The van der Waals surface area contributed by atoms with E-state index in [1.54, 1.807) is 18.2 Å². The third kappa shape index (κ3) is 4.36. The lowest BCUT2D eigenvalue weighted by molar-refractivity contribution is 0.0742. The van der Waals surface area contributed by atoms with Gasteiger partial charge in [-0.15, -0.1) is 0 Å². The molecular formula is C18H28N2O3S. The molecule has 0 bridgehead atoms. The van der Waals surface area contributed by atoms with Crippen molar-refractivity contribution in [3.63, 3.8) is 0 Å². The number of carbonyl (C=O) groups excluding carboxylic acids is 1. The van der Waals surface area contributed by atoms with Crippen LogP contribution >= 0.6 is 0 Å². The van der Waals surface area contributed by atoms with Gasteiger partial charge in [0.15, 0.2) is 0 Å². The van der Waals surface area contributed by atoms with Crippen LogP contribution in [0.4, 0.5) is 0 Å². The quantitative estimate of drug-likeness (QED) is 0.818. The van der Waals surface area contributed by atoms with Gasteiger partial charge in [-0.3, -0.25) is 4.79 Å². The van der Waals surface area contributed by atoms with Gasteiger partial charge in [0.05, 0.1) is 4.90 Å². The van der Waals surface area contributed by atoms with Crippen LogP contribution in [0.25, 0.3) is 0 Å². The first kappa shape index (κ1) is 18.9. The molecule has 1 aromatic rings. The maximum absolute atomic E-state index is 12.8. The Kier molecular flexibility index (Phi) is 6.80. The van der Waals surface area contributed by atoms with Crippen LogP contribution < -0.4 is 0 Å². The number of hydrogen-bond acceptors (Lipinski definition) is 3. The highest BCUT2D eigenvalue weighted by molar-refractivity contribution is 7.89. The van der Waals surface area contributed by atoms with Crippen LogP contribution in [0.15, 0.2) is 29.2 Å². The Balaban J connectivity index is 2.24. The fraction of sp³-hybridized carbons (Fsp3) is 0.611. The lowest BCUT2D eigenvalue weighted by atomic mass is 10.1. The number of carbonyl (C=O) groups is 1. The van der Waals surface area contributed by atoms with E-state index in [0.29, 0.717) is 18.7 Å². The molecule has 0 saturated carbocycles. The van der Waals surface area contributed by atoms with E-state index in [9.17, 15) is 13.2 Å². The van der Waals surface area contributed by atoms with E-state index in [4.69, 9.17) is 0 Å². The number of sulfonamides is 1. The zero-order chi connectivity index (χ0) is 17.6. The van der Waals surface area contributed by atoms with Crippen LogP contribution in [0.1, 0.15) is 56.3 Å². The number of benzene rings is 1. The van der Waals surface area contributed by atoms with Crippen LogP contribution in [-0.4, -0.2) is 49.7 Å². The molecule has 0 spiro atoms. The van der Waals surface area contributed by atoms with E-state index in [1.165, 1.54) is 16.8 Å². The number of likely N-dealkylation sites (tertiary alicyclic amines) is 1. The largest absolute Gasteiger partial charge is 0.339 e. The summed E-state index contributed by atoms with van der Waals surface area (Å²) in [6.07, 6.45) is 5.58.